The Labute approximate surface area is 212 Å². The number of nitrogens with one attached hydrogen (secondary N) is 1. The molecule has 35 heavy (non-hydrogen) atoms. The van der Waals surface area contributed by atoms with E-state index in [0.717, 1.165) is 15.3 Å². The summed E-state index contributed by atoms with van der Waals surface area (Å²) in [4.78, 5) is 24.2. The Hall–Kier alpha value is -3.28. The number of hydrogen-bond acceptors (Lipinski definition) is 7. The Bertz CT molecular complexity index is 1380. The zero-order valence-electron chi connectivity index (χ0n) is 19.0. The molecule has 0 spiro atoms. The second-order valence-electron chi connectivity index (χ2n) is 7.28. The lowest BCUT2D eigenvalue weighted by Gasteiger charge is -2.26. The Morgan fingerprint density at radius 1 is 1.17 bits per heavy atom. The smallest absolute Gasteiger partial charge is 0.273 e. The van der Waals surface area contributed by atoms with Crippen LogP contribution in [0, 0.1) is 17.0 Å². The number of rotatable bonds is 9. The second-order valence-corrected chi connectivity index (χ2v) is 10.4. The zero-order valence-corrected chi connectivity index (χ0v) is 21.4. The van der Waals surface area contributed by atoms with Crippen LogP contribution >= 0.6 is 23.4 Å². The van der Waals surface area contributed by atoms with Gasteiger partial charge in [-0.05, 0) is 49.6 Å². The molecule has 12 heteroatoms. The highest BCUT2D eigenvalue weighted by atomic mass is 35.5. The molecule has 1 amide bonds. The molecule has 184 valence electrons. The second kappa shape index (κ2) is 11.0. The molecule has 3 rings (SSSR count). The number of methoxy groups -OCH3 is 1. The molecule has 0 fully saturated rings. The minimum atomic E-state index is -4.46. The number of carbonyl (C=O) groups is 1. The summed E-state index contributed by atoms with van der Waals surface area (Å²) in [5.41, 5.74) is 0.470. The quantitative estimate of drug-likeness (QED) is 0.229. The predicted molar refractivity (Wildman–Crippen MR) is 137 cm³/mol. The van der Waals surface area contributed by atoms with Crippen LogP contribution in [-0.4, -0.2) is 39.2 Å². The minimum Gasteiger partial charge on any atom is -0.495 e. The van der Waals surface area contributed by atoms with Crippen LogP contribution in [-0.2, 0) is 14.8 Å². The van der Waals surface area contributed by atoms with Crippen molar-refractivity contribution in [1.29, 1.82) is 0 Å². The number of amides is 1. The Morgan fingerprint density at radius 2 is 1.89 bits per heavy atom. The highest BCUT2D eigenvalue weighted by molar-refractivity contribution is 7.98. The van der Waals surface area contributed by atoms with Gasteiger partial charge in [0.15, 0.2) is 0 Å². The molecular formula is C23H22ClN3O6S2. The van der Waals surface area contributed by atoms with Crippen LogP contribution in [0.3, 0.4) is 0 Å². The van der Waals surface area contributed by atoms with Gasteiger partial charge >= 0.3 is 0 Å². The molecule has 0 aliphatic heterocycles. The third kappa shape index (κ3) is 5.87. The minimum absolute atomic E-state index is 0.0107. The lowest BCUT2D eigenvalue weighted by molar-refractivity contribution is -0.385. The summed E-state index contributed by atoms with van der Waals surface area (Å²) in [6, 6.07) is 15.0. The molecule has 0 aliphatic carbocycles. The third-order valence-corrected chi connectivity index (χ3v) is 7.83. The number of nitro groups is 1. The fraction of sp³-hybridized carbons (Fsp3) is 0.174. The number of para-hydroxylation sites is 1. The number of halogens is 1. The lowest BCUT2D eigenvalue weighted by atomic mass is 10.2. The summed E-state index contributed by atoms with van der Waals surface area (Å²) >= 11 is 7.56. The largest absolute Gasteiger partial charge is 0.495 e. The van der Waals surface area contributed by atoms with Crippen molar-refractivity contribution < 1.29 is 22.9 Å². The van der Waals surface area contributed by atoms with E-state index in [1.54, 1.807) is 12.1 Å². The number of ether oxygens (including phenoxy) is 1. The monoisotopic (exact) mass is 535 g/mol. The number of hydrogen-bond donors (Lipinski definition) is 1. The van der Waals surface area contributed by atoms with Gasteiger partial charge in [-0.15, -0.1) is 11.8 Å². The fourth-order valence-electron chi connectivity index (χ4n) is 3.30. The van der Waals surface area contributed by atoms with E-state index in [-0.39, 0.29) is 27.0 Å². The number of carbonyl (C=O) groups excluding carboxylic acids is 1. The van der Waals surface area contributed by atoms with Crippen LogP contribution < -0.4 is 14.4 Å². The Morgan fingerprint density at radius 3 is 2.54 bits per heavy atom. The van der Waals surface area contributed by atoms with Gasteiger partial charge in [0.25, 0.3) is 15.7 Å². The normalized spacial score (nSPS) is 11.1. The van der Waals surface area contributed by atoms with Crippen LogP contribution in [0.5, 0.6) is 5.75 Å². The fourth-order valence-corrected chi connectivity index (χ4v) is 5.46. The maximum atomic E-state index is 13.7. The summed E-state index contributed by atoms with van der Waals surface area (Å²) in [7, 11) is -3.10. The first-order chi connectivity index (χ1) is 16.6. The van der Waals surface area contributed by atoms with Gasteiger partial charge < -0.3 is 10.1 Å². The summed E-state index contributed by atoms with van der Waals surface area (Å²) in [6.45, 7) is 0.867. The summed E-state index contributed by atoms with van der Waals surface area (Å²) in [5, 5.41) is 14.4. The highest BCUT2D eigenvalue weighted by Gasteiger charge is 2.31. The van der Waals surface area contributed by atoms with Gasteiger partial charge in [-0.25, -0.2) is 8.42 Å². The van der Waals surface area contributed by atoms with E-state index in [1.165, 1.54) is 56.1 Å². The first-order valence-corrected chi connectivity index (χ1v) is 13.2. The number of nitro benzene ring substituents is 1. The van der Waals surface area contributed by atoms with Crippen LogP contribution in [0.2, 0.25) is 5.02 Å². The van der Waals surface area contributed by atoms with Gasteiger partial charge in [0.2, 0.25) is 5.91 Å². The van der Waals surface area contributed by atoms with Crippen molar-refractivity contribution >= 4 is 56.4 Å². The average molecular weight is 536 g/mol. The van der Waals surface area contributed by atoms with E-state index in [1.807, 2.05) is 18.4 Å². The SMILES string of the molecule is COc1ccc(Cl)cc1N(CC(=O)Nc1ccccc1SC)S(=O)(=O)c1ccc(C)c([N+](=O)[O-])c1. The summed E-state index contributed by atoms with van der Waals surface area (Å²) in [6.07, 6.45) is 1.85. The van der Waals surface area contributed by atoms with Gasteiger partial charge in [-0.2, -0.15) is 0 Å². The van der Waals surface area contributed by atoms with Crippen LogP contribution in [0.1, 0.15) is 5.56 Å². The molecule has 0 atom stereocenters. The standard InChI is InChI=1S/C23H22ClN3O6S2/c1-15-8-10-17(13-19(15)27(29)30)35(31,32)26(20-12-16(24)9-11-21(20)33-2)14-23(28)25-18-6-4-5-7-22(18)34-3/h4-13H,14H2,1-3H3,(H,25,28). The predicted octanol–water partition coefficient (Wildman–Crippen LogP) is 5.12. The maximum Gasteiger partial charge on any atom is 0.273 e. The zero-order chi connectivity index (χ0) is 25.8. The van der Waals surface area contributed by atoms with E-state index in [0.29, 0.717) is 11.3 Å². The molecule has 1 N–H and O–H groups in total. The molecule has 3 aromatic carbocycles. The average Bonchev–Trinajstić information content (AvgIpc) is 2.82. The molecule has 0 heterocycles. The summed E-state index contributed by atoms with van der Waals surface area (Å²) in [5.74, 6) is -0.476. The number of benzene rings is 3. The van der Waals surface area contributed by atoms with Crippen LogP contribution in [0.4, 0.5) is 17.1 Å². The van der Waals surface area contributed by atoms with Gasteiger partial charge in [0, 0.05) is 21.5 Å². The van der Waals surface area contributed by atoms with Gasteiger partial charge in [-0.1, -0.05) is 29.8 Å². The third-order valence-electron chi connectivity index (χ3n) is 5.04. The van der Waals surface area contributed by atoms with E-state index >= 15 is 0 Å². The Balaban J connectivity index is 2.10. The molecule has 0 aliphatic rings. The van der Waals surface area contributed by atoms with Crippen molar-refractivity contribution in [1.82, 2.24) is 0 Å². The number of sulfonamides is 1. The van der Waals surface area contributed by atoms with E-state index in [4.69, 9.17) is 16.3 Å². The van der Waals surface area contributed by atoms with E-state index in [2.05, 4.69) is 5.32 Å². The van der Waals surface area contributed by atoms with Crippen molar-refractivity contribution in [3.8, 4) is 5.75 Å². The highest BCUT2D eigenvalue weighted by Crippen LogP contribution is 2.36. The van der Waals surface area contributed by atoms with Gasteiger partial charge in [0.05, 0.1) is 28.3 Å². The topological polar surface area (TPSA) is 119 Å². The molecule has 0 saturated carbocycles. The van der Waals surface area contributed by atoms with E-state index in [9.17, 15) is 23.3 Å². The van der Waals surface area contributed by atoms with Crippen LogP contribution in [0.15, 0.2) is 70.5 Å². The Kier molecular flexibility index (Phi) is 8.26. The molecule has 0 bridgehead atoms. The van der Waals surface area contributed by atoms with E-state index < -0.39 is 27.4 Å². The number of nitrogens with zero attached hydrogens (tertiary/aromatic N) is 2. The van der Waals surface area contributed by atoms with Crippen molar-refractivity contribution in [2.24, 2.45) is 0 Å². The lowest BCUT2D eigenvalue weighted by Crippen LogP contribution is -2.38. The first-order valence-electron chi connectivity index (χ1n) is 10.1. The van der Waals surface area contributed by atoms with Crippen molar-refractivity contribution in [3.05, 3.63) is 81.4 Å². The molecule has 0 saturated heterocycles. The summed E-state index contributed by atoms with van der Waals surface area (Å²) < 4.78 is 33.6. The maximum absolute atomic E-state index is 13.7. The van der Waals surface area contributed by atoms with Crippen molar-refractivity contribution in [2.45, 2.75) is 16.7 Å². The van der Waals surface area contributed by atoms with Crippen molar-refractivity contribution in [3.63, 3.8) is 0 Å². The molecule has 0 unspecified atom stereocenters. The number of aryl methyl sites for hydroxylation is 1. The molecule has 0 radical (unpaired) electrons. The molecular weight excluding hydrogens is 514 g/mol. The first kappa shape index (κ1) is 26.3. The molecule has 9 nitrogen and oxygen atoms in total. The van der Waals surface area contributed by atoms with Crippen molar-refractivity contribution in [2.75, 3.05) is 29.5 Å². The van der Waals surface area contributed by atoms with Gasteiger partial charge in [-0.3, -0.25) is 19.2 Å². The number of thioether (sulfide) groups is 1. The van der Waals surface area contributed by atoms with Crippen LogP contribution in [0.25, 0.3) is 0 Å². The molecule has 3 aromatic rings. The number of anilines is 2. The molecule has 0 aromatic heterocycles. The van der Waals surface area contributed by atoms with Gasteiger partial charge in [0.1, 0.15) is 12.3 Å².